The zero-order valence-corrected chi connectivity index (χ0v) is 15.4. The lowest BCUT2D eigenvalue weighted by Gasteiger charge is -2.09. The van der Waals surface area contributed by atoms with Crippen molar-refractivity contribution in [2.24, 2.45) is 27.2 Å². The first-order chi connectivity index (χ1) is 11.8. The second kappa shape index (κ2) is 8.92. The summed E-state index contributed by atoms with van der Waals surface area (Å²) in [5, 5.41) is 0. The highest BCUT2D eigenvalue weighted by Gasteiger charge is 2.14. The predicted octanol–water partition coefficient (Wildman–Crippen LogP) is 1.14. The van der Waals surface area contributed by atoms with Crippen LogP contribution in [-0.4, -0.2) is 27.4 Å². The van der Waals surface area contributed by atoms with Gasteiger partial charge in [0.2, 0.25) is 5.96 Å². The molecule has 7 N–H and O–H groups in total. The van der Waals surface area contributed by atoms with E-state index in [2.05, 4.69) is 14.7 Å². The molecule has 0 spiro atoms. The lowest BCUT2D eigenvalue weighted by molar-refractivity contribution is 0.415. The summed E-state index contributed by atoms with van der Waals surface area (Å²) in [6, 6.07) is 12.4. The van der Waals surface area contributed by atoms with Crippen molar-refractivity contribution in [1.29, 1.82) is 0 Å². The lowest BCUT2D eigenvalue weighted by atomic mass is 10.3. The van der Waals surface area contributed by atoms with E-state index in [1.807, 2.05) is 0 Å². The van der Waals surface area contributed by atoms with Crippen molar-refractivity contribution >= 4 is 45.7 Å². The van der Waals surface area contributed by atoms with Crippen LogP contribution in [0.5, 0.6) is 5.75 Å². The van der Waals surface area contributed by atoms with Gasteiger partial charge in [0.15, 0.2) is 5.96 Å². The van der Waals surface area contributed by atoms with Crippen molar-refractivity contribution in [3.8, 4) is 5.75 Å². The number of nitrogens with zero attached hydrogens (tertiary/aromatic N) is 2. The zero-order chi connectivity index (χ0) is 18.4. The molecule has 2 aromatic rings. The fourth-order valence-electron chi connectivity index (χ4n) is 1.88. The summed E-state index contributed by atoms with van der Waals surface area (Å²) in [7, 11) is -2.27. The highest BCUT2D eigenvalue weighted by molar-refractivity contribution is 7.92. The highest BCUT2D eigenvalue weighted by Crippen LogP contribution is 2.22. The number of aliphatic imine (C=N–C) groups is 2. The van der Waals surface area contributed by atoms with Gasteiger partial charge in [-0.2, -0.15) is 4.99 Å². The van der Waals surface area contributed by atoms with E-state index in [-0.39, 0.29) is 29.2 Å². The minimum Gasteiger partial charge on any atom is -0.497 e. The Morgan fingerprint density at radius 2 is 1.73 bits per heavy atom. The first-order valence-electron chi connectivity index (χ1n) is 7.01. The topological polar surface area (TPSA) is 158 Å². The van der Waals surface area contributed by atoms with Gasteiger partial charge in [-0.25, -0.2) is 13.4 Å². The molecule has 0 fully saturated rings. The third-order valence-corrected chi connectivity index (χ3v) is 4.34. The van der Waals surface area contributed by atoms with Crippen molar-refractivity contribution < 1.29 is 13.2 Å². The monoisotopic (exact) mass is 398 g/mol. The Labute approximate surface area is 157 Å². The number of benzene rings is 2. The average molecular weight is 399 g/mol. The first-order valence-corrected chi connectivity index (χ1v) is 8.49. The standard InChI is InChI=1S/C15H18N6O3S.ClH/c1-24-12-7-5-10(6-8-12)21-25(22,23)13-4-2-3-11(9-13)19-15(18)20-14(16)17;/h2-9,21H,1H3,(H6,16,17,18,19,20);1H. The van der Waals surface area contributed by atoms with Crippen molar-refractivity contribution in [3.05, 3.63) is 48.5 Å². The Morgan fingerprint density at radius 1 is 1.08 bits per heavy atom. The summed E-state index contributed by atoms with van der Waals surface area (Å²) in [6.07, 6.45) is 0. The molecule has 0 amide bonds. The van der Waals surface area contributed by atoms with Crippen LogP contribution in [0, 0.1) is 0 Å². The molecular formula is C15H19ClN6O3S. The molecule has 0 saturated heterocycles. The molecule has 0 heterocycles. The van der Waals surface area contributed by atoms with Gasteiger partial charge in [0.1, 0.15) is 5.75 Å². The zero-order valence-electron chi connectivity index (χ0n) is 13.8. The van der Waals surface area contributed by atoms with Crippen LogP contribution >= 0.6 is 12.4 Å². The number of anilines is 1. The SMILES string of the molecule is COc1ccc(NS(=O)(=O)c2cccc(N=C(N)N=C(N)N)c2)cc1.Cl. The molecule has 0 aliphatic carbocycles. The molecule has 26 heavy (non-hydrogen) atoms. The van der Waals surface area contributed by atoms with Crippen LogP contribution in [0.3, 0.4) is 0 Å². The summed E-state index contributed by atoms with van der Waals surface area (Å²) in [6.45, 7) is 0. The molecular weight excluding hydrogens is 380 g/mol. The summed E-state index contributed by atoms with van der Waals surface area (Å²) in [5.41, 5.74) is 16.6. The number of hydrogen-bond donors (Lipinski definition) is 4. The van der Waals surface area contributed by atoms with Gasteiger partial charge >= 0.3 is 0 Å². The van der Waals surface area contributed by atoms with E-state index >= 15 is 0 Å². The minimum atomic E-state index is -3.80. The molecule has 0 aliphatic rings. The third kappa shape index (κ3) is 5.83. The Hall–Kier alpha value is -2.98. The molecule has 2 aromatic carbocycles. The largest absolute Gasteiger partial charge is 0.497 e. The second-order valence-electron chi connectivity index (χ2n) is 4.84. The highest BCUT2D eigenvalue weighted by atomic mass is 35.5. The van der Waals surface area contributed by atoms with Crippen LogP contribution < -0.4 is 26.7 Å². The molecule has 0 radical (unpaired) electrons. The first kappa shape index (κ1) is 21.1. The van der Waals surface area contributed by atoms with E-state index in [4.69, 9.17) is 21.9 Å². The van der Waals surface area contributed by atoms with E-state index in [1.54, 1.807) is 30.3 Å². The van der Waals surface area contributed by atoms with E-state index in [9.17, 15) is 8.42 Å². The molecule has 0 saturated carbocycles. The number of nitrogens with one attached hydrogen (secondary N) is 1. The Morgan fingerprint density at radius 3 is 2.31 bits per heavy atom. The Kier molecular flexibility index (Phi) is 7.23. The van der Waals surface area contributed by atoms with E-state index in [0.717, 1.165) is 0 Å². The van der Waals surface area contributed by atoms with Gasteiger partial charge in [-0.3, -0.25) is 4.72 Å². The maximum absolute atomic E-state index is 12.5. The molecule has 0 aromatic heterocycles. The van der Waals surface area contributed by atoms with Gasteiger partial charge < -0.3 is 21.9 Å². The number of sulfonamides is 1. The molecule has 0 bridgehead atoms. The van der Waals surface area contributed by atoms with Crippen LogP contribution in [0.15, 0.2) is 63.4 Å². The fourth-order valence-corrected chi connectivity index (χ4v) is 2.98. The summed E-state index contributed by atoms with van der Waals surface area (Å²) < 4.78 is 32.5. The van der Waals surface area contributed by atoms with Gasteiger partial charge in [-0.1, -0.05) is 6.07 Å². The van der Waals surface area contributed by atoms with Crippen LogP contribution in [0.2, 0.25) is 0 Å². The number of rotatable bonds is 5. The summed E-state index contributed by atoms with van der Waals surface area (Å²) in [5.74, 6) is 0.193. The van der Waals surface area contributed by atoms with E-state index < -0.39 is 10.0 Å². The number of nitrogens with two attached hydrogens (primary N) is 3. The molecule has 9 nitrogen and oxygen atoms in total. The maximum Gasteiger partial charge on any atom is 0.261 e. The molecule has 2 rings (SSSR count). The predicted molar refractivity (Wildman–Crippen MR) is 105 cm³/mol. The number of halogens is 1. The van der Waals surface area contributed by atoms with E-state index in [0.29, 0.717) is 17.1 Å². The molecule has 0 unspecified atom stereocenters. The Bertz CT molecular complexity index is 909. The lowest BCUT2D eigenvalue weighted by Crippen LogP contribution is -2.26. The average Bonchev–Trinajstić information content (AvgIpc) is 2.54. The third-order valence-electron chi connectivity index (χ3n) is 2.96. The molecule has 11 heteroatoms. The van der Waals surface area contributed by atoms with Gasteiger partial charge in [0.05, 0.1) is 17.7 Å². The van der Waals surface area contributed by atoms with Crippen LogP contribution in [0.25, 0.3) is 0 Å². The van der Waals surface area contributed by atoms with Crippen LogP contribution in [0.4, 0.5) is 11.4 Å². The van der Waals surface area contributed by atoms with Gasteiger partial charge in [0, 0.05) is 5.69 Å². The van der Waals surface area contributed by atoms with E-state index in [1.165, 1.54) is 25.3 Å². The summed E-state index contributed by atoms with van der Waals surface area (Å²) >= 11 is 0. The number of guanidine groups is 2. The van der Waals surface area contributed by atoms with Crippen LogP contribution in [0.1, 0.15) is 0 Å². The quantitative estimate of drug-likeness (QED) is 0.436. The smallest absolute Gasteiger partial charge is 0.261 e. The Balaban J connectivity index is 0.00000338. The summed E-state index contributed by atoms with van der Waals surface area (Å²) in [4.78, 5) is 7.53. The van der Waals surface area contributed by atoms with Gasteiger partial charge in [-0.15, -0.1) is 12.4 Å². The number of hydrogen-bond acceptors (Lipinski definition) is 4. The fraction of sp³-hybridized carbons (Fsp3) is 0.0667. The van der Waals surface area contributed by atoms with Gasteiger partial charge in [-0.05, 0) is 42.5 Å². The molecule has 140 valence electrons. The second-order valence-corrected chi connectivity index (χ2v) is 6.52. The van der Waals surface area contributed by atoms with Crippen molar-refractivity contribution in [1.82, 2.24) is 0 Å². The van der Waals surface area contributed by atoms with Gasteiger partial charge in [0.25, 0.3) is 10.0 Å². The minimum absolute atomic E-state index is 0. The number of ether oxygens (including phenoxy) is 1. The normalized spacial score (nSPS) is 11.2. The maximum atomic E-state index is 12.5. The molecule has 0 atom stereocenters. The van der Waals surface area contributed by atoms with Crippen molar-refractivity contribution in [2.75, 3.05) is 11.8 Å². The molecule has 0 aliphatic heterocycles. The van der Waals surface area contributed by atoms with Crippen LogP contribution in [-0.2, 0) is 10.0 Å². The van der Waals surface area contributed by atoms with Crippen molar-refractivity contribution in [2.45, 2.75) is 4.90 Å². The van der Waals surface area contributed by atoms with Crippen molar-refractivity contribution in [3.63, 3.8) is 0 Å². The number of methoxy groups -OCH3 is 1.